The van der Waals surface area contributed by atoms with Gasteiger partial charge in [-0.05, 0) is 25.6 Å². The second-order valence-corrected chi connectivity index (χ2v) is 6.53. The third-order valence-corrected chi connectivity index (χ3v) is 4.29. The Hall–Kier alpha value is -1.45. The molecule has 7 nitrogen and oxygen atoms in total. The zero-order valence-electron chi connectivity index (χ0n) is 10.5. The summed E-state index contributed by atoms with van der Waals surface area (Å²) in [5, 5.41) is 11.3. The highest BCUT2D eigenvalue weighted by molar-refractivity contribution is 7.92. The van der Waals surface area contributed by atoms with Gasteiger partial charge in [0.15, 0.2) is 0 Å². The Bertz CT molecular complexity index is 647. The van der Waals surface area contributed by atoms with Gasteiger partial charge >= 0.3 is 0 Å². The van der Waals surface area contributed by atoms with E-state index in [0.717, 1.165) is 17.9 Å². The molecule has 2 rings (SSSR count). The number of rotatable bonds is 6. The Morgan fingerprint density at radius 1 is 1.37 bits per heavy atom. The molecule has 0 fully saturated rings. The number of nitrogens with one attached hydrogen (secondary N) is 2. The highest BCUT2D eigenvalue weighted by Gasteiger charge is 2.20. The molecule has 19 heavy (non-hydrogen) atoms. The van der Waals surface area contributed by atoms with Crippen molar-refractivity contribution in [2.24, 2.45) is 0 Å². The maximum Gasteiger partial charge on any atom is 0.297 e. The van der Waals surface area contributed by atoms with Crippen LogP contribution in [0.5, 0.6) is 0 Å². The van der Waals surface area contributed by atoms with Crippen LogP contribution in [0.3, 0.4) is 0 Å². The predicted molar refractivity (Wildman–Crippen MR) is 71.5 cm³/mol. The maximum absolute atomic E-state index is 12.0. The number of nitrogens with zero attached hydrogens (tertiary/aromatic N) is 2. The Morgan fingerprint density at radius 3 is 2.79 bits per heavy atom. The molecule has 2 N–H and O–H groups in total. The molecule has 0 spiro atoms. The van der Waals surface area contributed by atoms with Crippen LogP contribution in [0.15, 0.2) is 21.6 Å². The molecule has 2 heterocycles. The van der Waals surface area contributed by atoms with E-state index in [1.807, 2.05) is 6.92 Å². The lowest BCUT2D eigenvalue weighted by atomic mass is 10.4. The molecule has 0 unspecified atom stereocenters. The van der Waals surface area contributed by atoms with E-state index in [1.54, 1.807) is 13.0 Å². The highest BCUT2D eigenvalue weighted by Crippen LogP contribution is 2.20. The average Bonchev–Trinajstić information content (AvgIpc) is 2.95. The van der Waals surface area contributed by atoms with E-state index in [4.69, 9.17) is 4.42 Å². The van der Waals surface area contributed by atoms with Crippen LogP contribution in [-0.2, 0) is 16.6 Å². The van der Waals surface area contributed by atoms with Gasteiger partial charge in [-0.1, -0.05) is 18.3 Å². The van der Waals surface area contributed by atoms with Crippen LogP contribution in [0.4, 0.5) is 5.13 Å². The molecule has 0 aliphatic rings. The number of aryl methyl sites for hydroxylation is 1. The summed E-state index contributed by atoms with van der Waals surface area (Å²) in [5.74, 6) is 0.565. The molecule has 2 aromatic rings. The van der Waals surface area contributed by atoms with Crippen molar-refractivity contribution in [3.05, 3.63) is 22.9 Å². The van der Waals surface area contributed by atoms with Crippen molar-refractivity contribution in [1.82, 2.24) is 15.5 Å². The number of sulfonamides is 1. The van der Waals surface area contributed by atoms with Gasteiger partial charge in [-0.2, -0.15) is 8.42 Å². The Morgan fingerprint density at radius 2 is 2.16 bits per heavy atom. The van der Waals surface area contributed by atoms with Crippen molar-refractivity contribution >= 4 is 26.5 Å². The second kappa shape index (κ2) is 5.68. The van der Waals surface area contributed by atoms with E-state index in [9.17, 15) is 8.42 Å². The molecule has 9 heteroatoms. The van der Waals surface area contributed by atoms with Gasteiger partial charge in [0, 0.05) is 0 Å². The molecule has 0 saturated carbocycles. The van der Waals surface area contributed by atoms with E-state index in [-0.39, 0.29) is 10.2 Å². The summed E-state index contributed by atoms with van der Waals surface area (Å²) in [7, 11) is -3.74. The van der Waals surface area contributed by atoms with E-state index < -0.39 is 10.0 Å². The second-order valence-electron chi connectivity index (χ2n) is 3.73. The van der Waals surface area contributed by atoms with Gasteiger partial charge in [-0.25, -0.2) is 0 Å². The van der Waals surface area contributed by atoms with Crippen molar-refractivity contribution in [3.63, 3.8) is 0 Å². The minimum Gasteiger partial charge on any atom is -0.446 e. The largest absolute Gasteiger partial charge is 0.446 e. The summed E-state index contributed by atoms with van der Waals surface area (Å²) in [5.41, 5.74) is 0. The van der Waals surface area contributed by atoms with Gasteiger partial charge in [0.1, 0.15) is 10.8 Å². The first kappa shape index (κ1) is 14.0. The molecule has 0 aromatic carbocycles. The SMILES string of the molecule is CCNCc1ccc(S(=O)(=O)Nc2nnc(C)s2)o1. The standard InChI is InChI=1S/C10H14N4O3S2/c1-3-11-6-8-4-5-9(17-8)19(15,16)14-10-13-12-7(2)18-10/h4-5,11H,3,6H2,1-2H3,(H,13,14). The lowest BCUT2D eigenvalue weighted by Crippen LogP contribution is -2.12. The molecule has 0 amide bonds. The minimum atomic E-state index is -3.74. The van der Waals surface area contributed by atoms with Gasteiger partial charge in [-0.3, -0.25) is 4.72 Å². The van der Waals surface area contributed by atoms with Crippen LogP contribution in [0.2, 0.25) is 0 Å². The van der Waals surface area contributed by atoms with E-state index >= 15 is 0 Å². The maximum atomic E-state index is 12.0. The van der Waals surface area contributed by atoms with Gasteiger partial charge in [-0.15, -0.1) is 10.2 Å². The predicted octanol–water partition coefficient (Wildman–Crippen LogP) is 1.35. The summed E-state index contributed by atoms with van der Waals surface area (Å²) >= 11 is 1.16. The van der Waals surface area contributed by atoms with Crippen molar-refractivity contribution in [2.45, 2.75) is 25.5 Å². The van der Waals surface area contributed by atoms with Crippen molar-refractivity contribution in [3.8, 4) is 0 Å². The molecule has 0 aliphatic heterocycles. The fraction of sp³-hybridized carbons (Fsp3) is 0.400. The molecule has 0 bridgehead atoms. The third kappa shape index (κ3) is 3.52. The van der Waals surface area contributed by atoms with Gasteiger partial charge in [0.2, 0.25) is 10.2 Å². The summed E-state index contributed by atoms with van der Waals surface area (Å²) in [4.78, 5) is 0. The topological polar surface area (TPSA) is 97.1 Å². The highest BCUT2D eigenvalue weighted by atomic mass is 32.2. The van der Waals surface area contributed by atoms with Gasteiger partial charge in [0.05, 0.1) is 6.54 Å². The first-order chi connectivity index (χ1) is 9.01. The van der Waals surface area contributed by atoms with Crippen LogP contribution in [0.25, 0.3) is 0 Å². The summed E-state index contributed by atoms with van der Waals surface area (Å²) in [6, 6.07) is 3.05. The first-order valence-electron chi connectivity index (χ1n) is 5.63. The van der Waals surface area contributed by atoms with Crippen LogP contribution < -0.4 is 10.0 Å². The van der Waals surface area contributed by atoms with Crippen LogP contribution in [-0.4, -0.2) is 25.2 Å². The Kier molecular flexibility index (Phi) is 4.17. The van der Waals surface area contributed by atoms with E-state index in [2.05, 4.69) is 20.2 Å². The number of aromatic nitrogens is 2. The molecule has 0 aliphatic carbocycles. The van der Waals surface area contributed by atoms with Crippen molar-refractivity contribution in [2.75, 3.05) is 11.3 Å². The summed E-state index contributed by atoms with van der Waals surface area (Å²) in [6.45, 7) is 4.98. The van der Waals surface area contributed by atoms with Crippen LogP contribution in [0, 0.1) is 6.92 Å². The number of hydrogen-bond acceptors (Lipinski definition) is 7. The summed E-state index contributed by atoms with van der Waals surface area (Å²) < 4.78 is 31.6. The molecule has 0 radical (unpaired) electrons. The van der Waals surface area contributed by atoms with E-state index in [0.29, 0.717) is 17.3 Å². The van der Waals surface area contributed by atoms with Gasteiger partial charge in [0.25, 0.3) is 10.0 Å². The fourth-order valence-electron chi connectivity index (χ4n) is 1.35. The molecular formula is C10H14N4O3S2. The smallest absolute Gasteiger partial charge is 0.297 e. The lowest BCUT2D eigenvalue weighted by molar-refractivity contribution is 0.405. The quantitative estimate of drug-likeness (QED) is 0.836. The molecule has 0 atom stereocenters. The number of anilines is 1. The zero-order valence-corrected chi connectivity index (χ0v) is 12.1. The fourth-order valence-corrected chi connectivity index (χ4v) is 3.12. The Labute approximate surface area is 115 Å². The number of hydrogen-bond donors (Lipinski definition) is 2. The summed E-state index contributed by atoms with van der Waals surface area (Å²) in [6.07, 6.45) is 0. The average molecular weight is 302 g/mol. The molecule has 0 saturated heterocycles. The van der Waals surface area contributed by atoms with Gasteiger partial charge < -0.3 is 9.73 Å². The van der Waals surface area contributed by atoms with Crippen molar-refractivity contribution < 1.29 is 12.8 Å². The monoisotopic (exact) mass is 302 g/mol. The Balaban J connectivity index is 2.13. The first-order valence-corrected chi connectivity index (χ1v) is 7.93. The lowest BCUT2D eigenvalue weighted by Gasteiger charge is -2.01. The third-order valence-electron chi connectivity index (χ3n) is 2.20. The van der Waals surface area contributed by atoms with Crippen LogP contribution in [0.1, 0.15) is 17.7 Å². The molecular weight excluding hydrogens is 288 g/mol. The van der Waals surface area contributed by atoms with E-state index in [1.165, 1.54) is 6.07 Å². The zero-order chi connectivity index (χ0) is 13.9. The van der Waals surface area contributed by atoms with Crippen molar-refractivity contribution in [1.29, 1.82) is 0 Å². The minimum absolute atomic E-state index is 0.131. The molecule has 104 valence electrons. The van der Waals surface area contributed by atoms with Crippen LogP contribution >= 0.6 is 11.3 Å². The normalized spacial score (nSPS) is 11.7. The molecule has 2 aromatic heterocycles. The number of furan rings is 1.